The molecule has 1 fully saturated rings. The number of nitrogens with one attached hydrogen (secondary N) is 2. The smallest absolute Gasteiger partial charge is 0.268 e. The fourth-order valence-corrected chi connectivity index (χ4v) is 5.10. The van der Waals surface area contributed by atoms with Gasteiger partial charge < -0.3 is 19.9 Å². The second kappa shape index (κ2) is 10.4. The normalized spacial score (nSPS) is 17.2. The highest BCUT2D eigenvalue weighted by atomic mass is 35.5. The number of rotatable bonds is 7. The van der Waals surface area contributed by atoms with Crippen LogP contribution in [0.25, 0.3) is 10.9 Å². The van der Waals surface area contributed by atoms with Gasteiger partial charge in [-0.2, -0.15) is 0 Å². The number of fused-ring (bicyclic) bond motifs is 1. The van der Waals surface area contributed by atoms with Gasteiger partial charge in [0.25, 0.3) is 11.8 Å². The Bertz CT molecular complexity index is 1470. The molecule has 6 nitrogen and oxygen atoms in total. The molecule has 4 aromatic rings. The first-order valence-electron chi connectivity index (χ1n) is 12.5. The van der Waals surface area contributed by atoms with Crippen molar-refractivity contribution >= 4 is 40.0 Å². The quantitative estimate of drug-likeness (QED) is 0.307. The Morgan fingerprint density at radius 3 is 2.62 bits per heavy atom. The molecular formula is C30H30ClN3O3. The monoisotopic (exact) mass is 515 g/mol. The van der Waals surface area contributed by atoms with E-state index in [1.165, 1.54) is 0 Å². The van der Waals surface area contributed by atoms with Crippen molar-refractivity contribution in [2.24, 2.45) is 0 Å². The summed E-state index contributed by atoms with van der Waals surface area (Å²) >= 11 is 6.20. The minimum Gasteiger partial charge on any atom is -0.373 e. The second-order valence-electron chi connectivity index (χ2n) is 9.90. The van der Waals surface area contributed by atoms with Gasteiger partial charge in [0.1, 0.15) is 5.69 Å². The molecule has 1 aliphatic heterocycles. The van der Waals surface area contributed by atoms with Gasteiger partial charge in [-0.15, -0.1) is 0 Å². The average molecular weight is 516 g/mol. The molecule has 0 spiro atoms. The second-order valence-corrected chi connectivity index (χ2v) is 10.3. The zero-order valence-corrected chi connectivity index (χ0v) is 21.8. The Hall–Kier alpha value is -3.61. The molecular weight excluding hydrogens is 486 g/mol. The van der Waals surface area contributed by atoms with E-state index in [9.17, 15) is 9.59 Å². The van der Waals surface area contributed by atoms with Crippen LogP contribution in [0.2, 0.25) is 5.02 Å². The summed E-state index contributed by atoms with van der Waals surface area (Å²) < 4.78 is 7.88. The zero-order chi connectivity index (χ0) is 26.0. The molecule has 0 radical (unpaired) electrons. The topological polar surface area (TPSA) is 72.4 Å². The van der Waals surface area contributed by atoms with E-state index in [-0.39, 0.29) is 17.4 Å². The molecule has 0 aliphatic carbocycles. The summed E-state index contributed by atoms with van der Waals surface area (Å²) in [7, 11) is 0. The standard InChI is InChI=1S/C30H30ClN3O3/c1-20-7-5-8-21(15-20)18-34-26-12-11-23(33-28(35)24-9-3-4-10-25(24)31)16-22(26)17-27(34)29(36)32-19-30(2)13-6-14-37-30/h3-5,7-12,15-17H,6,13-14,18-19H2,1-2H3,(H,32,36)(H,33,35)/t30-/m1/s1. The molecule has 3 aromatic carbocycles. The lowest BCUT2D eigenvalue weighted by Crippen LogP contribution is -2.40. The molecule has 5 rings (SSSR count). The maximum Gasteiger partial charge on any atom is 0.268 e. The van der Waals surface area contributed by atoms with Crippen LogP contribution in [0.3, 0.4) is 0 Å². The highest BCUT2D eigenvalue weighted by Crippen LogP contribution is 2.27. The fraction of sp³-hybridized carbons (Fsp3) is 0.267. The number of ether oxygens (including phenoxy) is 1. The van der Waals surface area contributed by atoms with Gasteiger partial charge in [-0.25, -0.2) is 0 Å². The van der Waals surface area contributed by atoms with E-state index in [1.54, 1.807) is 24.3 Å². The lowest BCUT2D eigenvalue weighted by Gasteiger charge is -2.23. The van der Waals surface area contributed by atoms with Crippen LogP contribution in [-0.2, 0) is 11.3 Å². The first kappa shape index (κ1) is 25.1. The van der Waals surface area contributed by atoms with Crippen molar-refractivity contribution in [1.82, 2.24) is 9.88 Å². The Balaban J connectivity index is 1.46. The number of carbonyl (C=O) groups excluding carboxylic acids is 2. The number of halogens is 1. The molecule has 1 atom stereocenters. The van der Waals surface area contributed by atoms with Crippen LogP contribution in [0.4, 0.5) is 5.69 Å². The number of hydrogen-bond donors (Lipinski definition) is 2. The van der Waals surface area contributed by atoms with Crippen molar-refractivity contribution < 1.29 is 14.3 Å². The fourth-order valence-electron chi connectivity index (χ4n) is 4.88. The molecule has 37 heavy (non-hydrogen) atoms. The molecule has 2 N–H and O–H groups in total. The molecule has 7 heteroatoms. The van der Waals surface area contributed by atoms with Gasteiger partial charge >= 0.3 is 0 Å². The van der Waals surface area contributed by atoms with Gasteiger partial charge in [-0.1, -0.05) is 53.6 Å². The first-order valence-corrected chi connectivity index (χ1v) is 12.9. The van der Waals surface area contributed by atoms with Gasteiger partial charge in [-0.3, -0.25) is 9.59 Å². The van der Waals surface area contributed by atoms with Gasteiger partial charge in [0.2, 0.25) is 0 Å². The van der Waals surface area contributed by atoms with E-state index in [0.29, 0.717) is 35.1 Å². The van der Waals surface area contributed by atoms with Crippen LogP contribution in [-0.4, -0.2) is 35.1 Å². The maximum absolute atomic E-state index is 13.4. The summed E-state index contributed by atoms with van der Waals surface area (Å²) in [6.45, 7) is 5.82. The molecule has 1 aliphatic rings. The Labute approximate surface area is 221 Å². The van der Waals surface area contributed by atoms with Crippen LogP contribution in [0, 0.1) is 6.92 Å². The maximum atomic E-state index is 13.4. The predicted molar refractivity (Wildman–Crippen MR) is 148 cm³/mol. The van der Waals surface area contributed by atoms with Gasteiger partial charge in [0.15, 0.2) is 0 Å². The van der Waals surface area contributed by atoms with Crippen molar-refractivity contribution in [3.8, 4) is 0 Å². The highest BCUT2D eigenvalue weighted by molar-refractivity contribution is 6.34. The molecule has 190 valence electrons. The minimum absolute atomic E-state index is 0.151. The van der Waals surface area contributed by atoms with E-state index in [0.717, 1.165) is 41.5 Å². The Morgan fingerprint density at radius 1 is 1.03 bits per heavy atom. The third-order valence-corrected chi connectivity index (χ3v) is 7.19. The first-order chi connectivity index (χ1) is 17.8. The van der Waals surface area contributed by atoms with Crippen LogP contribution in [0.1, 0.15) is 51.7 Å². The third kappa shape index (κ3) is 5.55. The van der Waals surface area contributed by atoms with Crippen LogP contribution >= 0.6 is 11.6 Å². The lowest BCUT2D eigenvalue weighted by molar-refractivity contribution is 0.0205. The number of anilines is 1. The number of nitrogens with zero attached hydrogens (tertiary/aromatic N) is 1. The summed E-state index contributed by atoms with van der Waals surface area (Å²) in [6.07, 6.45) is 1.93. The summed E-state index contributed by atoms with van der Waals surface area (Å²) in [5, 5.41) is 7.26. The predicted octanol–water partition coefficient (Wildman–Crippen LogP) is 6.20. The molecule has 1 aromatic heterocycles. The largest absolute Gasteiger partial charge is 0.373 e. The van der Waals surface area contributed by atoms with Crippen molar-refractivity contribution in [1.29, 1.82) is 0 Å². The minimum atomic E-state index is -0.334. The summed E-state index contributed by atoms with van der Waals surface area (Å²) in [4.78, 5) is 26.2. The van der Waals surface area contributed by atoms with Gasteiger partial charge in [-0.05, 0) is 68.7 Å². The number of carbonyl (C=O) groups is 2. The van der Waals surface area contributed by atoms with Crippen molar-refractivity contribution in [3.63, 3.8) is 0 Å². The van der Waals surface area contributed by atoms with Crippen LogP contribution in [0.5, 0.6) is 0 Å². The number of aromatic nitrogens is 1. The summed E-state index contributed by atoms with van der Waals surface area (Å²) in [6, 6.07) is 22.7. The number of amides is 2. The van der Waals surface area contributed by atoms with E-state index in [4.69, 9.17) is 16.3 Å². The van der Waals surface area contributed by atoms with Crippen LogP contribution in [0.15, 0.2) is 72.8 Å². The van der Waals surface area contributed by atoms with E-state index in [1.807, 2.05) is 41.8 Å². The highest BCUT2D eigenvalue weighted by Gasteiger charge is 2.30. The molecule has 2 heterocycles. The number of aryl methyl sites for hydroxylation is 1. The summed E-state index contributed by atoms with van der Waals surface area (Å²) in [5.74, 6) is -0.436. The van der Waals surface area contributed by atoms with Gasteiger partial charge in [0, 0.05) is 36.3 Å². The third-order valence-electron chi connectivity index (χ3n) is 6.86. The van der Waals surface area contributed by atoms with Crippen molar-refractivity contribution in [2.45, 2.75) is 38.8 Å². The lowest BCUT2D eigenvalue weighted by atomic mass is 10.0. The molecule has 1 saturated heterocycles. The van der Waals surface area contributed by atoms with Gasteiger partial charge in [0.05, 0.1) is 16.2 Å². The van der Waals surface area contributed by atoms with Crippen molar-refractivity contribution in [2.75, 3.05) is 18.5 Å². The Kier molecular flexibility index (Phi) is 7.04. The number of hydrogen-bond acceptors (Lipinski definition) is 3. The molecule has 0 saturated carbocycles. The number of benzene rings is 3. The average Bonchev–Trinajstić information content (AvgIpc) is 3.47. The van der Waals surface area contributed by atoms with E-state index in [2.05, 4.69) is 35.8 Å². The SMILES string of the molecule is Cc1cccc(Cn2c(C(=O)NC[C@@]3(C)CCCO3)cc3cc(NC(=O)c4ccccc4Cl)ccc32)c1. The van der Waals surface area contributed by atoms with E-state index >= 15 is 0 Å². The molecule has 0 bridgehead atoms. The molecule has 0 unspecified atom stereocenters. The van der Waals surface area contributed by atoms with Crippen LogP contribution < -0.4 is 10.6 Å². The zero-order valence-electron chi connectivity index (χ0n) is 21.0. The molecule has 2 amide bonds. The van der Waals surface area contributed by atoms with Crippen molar-refractivity contribution in [3.05, 3.63) is 100 Å². The van der Waals surface area contributed by atoms with E-state index < -0.39 is 0 Å². The Morgan fingerprint density at radius 2 is 1.86 bits per heavy atom. The summed E-state index contributed by atoms with van der Waals surface area (Å²) in [5.41, 5.74) is 4.44.